The molecule has 1 aromatic rings. The SMILES string of the molecule is CC(=O)Nc1nc(CCCCCC(=O)O)cs1. The van der Waals surface area contributed by atoms with Crippen LogP contribution in [0.4, 0.5) is 5.13 Å². The van der Waals surface area contributed by atoms with Crippen molar-refractivity contribution in [1.29, 1.82) is 0 Å². The van der Waals surface area contributed by atoms with E-state index in [2.05, 4.69) is 10.3 Å². The van der Waals surface area contributed by atoms with E-state index in [1.54, 1.807) is 0 Å². The van der Waals surface area contributed by atoms with Crippen LogP contribution in [0.15, 0.2) is 5.38 Å². The minimum absolute atomic E-state index is 0.118. The van der Waals surface area contributed by atoms with Crippen LogP contribution in [0, 0.1) is 0 Å². The lowest BCUT2D eigenvalue weighted by molar-refractivity contribution is -0.137. The van der Waals surface area contributed by atoms with Crippen LogP contribution in [-0.2, 0) is 16.0 Å². The molecule has 0 saturated carbocycles. The number of carboxylic acid groups (broad SMARTS) is 1. The average molecular weight is 256 g/mol. The van der Waals surface area contributed by atoms with E-state index in [1.807, 2.05) is 5.38 Å². The largest absolute Gasteiger partial charge is 0.481 e. The third-order valence-electron chi connectivity index (χ3n) is 2.16. The van der Waals surface area contributed by atoms with Crippen molar-refractivity contribution in [1.82, 2.24) is 4.98 Å². The Kier molecular flexibility index (Phi) is 5.62. The van der Waals surface area contributed by atoms with E-state index in [4.69, 9.17) is 5.11 Å². The minimum Gasteiger partial charge on any atom is -0.481 e. The van der Waals surface area contributed by atoms with Gasteiger partial charge in [0, 0.05) is 18.7 Å². The minimum atomic E-state index is -0.744. The number of carboxylic acids is 1. The Hall–Kier alpha value is -1.43. The Morgan fingerprint density at radius 2 is 2.18 bits per heavy atom. The zero-order valence-corrected chi connectivity index (χ0v) is 10.5. The van der Waals surface area contributed by atoms with Crippen LogP contribution in [-0.4, -0.2) is 22.0 Å². The van der Waals surface area contributed by atoms with E-state index in [9.17, 15) is 9.59 Å². The van der Waals surface area contributed by atoms with E-state index in [-0.39, 0.29) is 12.3 Å². The topological polar surface area (TPSA) is 79.3 Å². The van der Waals surface area contributed by atoms with E-state index in [1.165, 1.54) is 18.3 Å². The first-order chi connectivity index (χ1) is 8.08. The summed E-state index contributed by atoms with van der Waals surface area (Å²) in [6, 6.07) is 0. The summed E-state index contributed by atoms with van der Waals surface area (Å²) >= 11 is 1.41. The molecular formula is C11H16N2O3S. The summed E-state index contributed by atoms with van der Waals surface area (Å²) in [6.07, 6.45) is 3.58. The lowest BCUT2D eigenvalue weighted by Gasteiger charge is -1.97. The molecule has 0 atom stereocenters. The molecule has 0 aliphatic heterocycles. The van der Waals surface area contributed by atoms with Crippen molar-refractivity contribution in [2.75, 3.05) is 5.32 Å². The molecule has 0 unspecified atom stereocenters. The Bertz CT molecular complexity index is 390. The molecule has 94 valence electrons. The van der Waals surface area contributed by atoms with Crippen LogP contribution in [0.5, 0.6) is 0 Å². The molecule has 0 aliphatic carbocycles. The van der Waals surface area contributed by atoms with Gasteiger partial charge in [0.05, 0.1) is 5.69 Å². The third-order valence-corrected chi connectivity index (χ3v) is 2.96. The van der Waals surface area contributed by atoms with Gasteiger partial charge in [0.15, 0.2) is 5.13 Å². The maximum Gasteiger partial charge on any atom is 0.303 e. The second-order valence-electron chi connectivity index (χ2n) is 3.78. The van der Waals surface area contributed by atoms with Gasteiger partial charge in [-0.15, -0.1) is 11.3 Å². The fourth-order valence-electron chi connectivity index (χ4n) is 1.39. The van der Waals surface area contributed by atoms with Gasteiger partial charge in [-0.1, -0.05) is 6.42 Å². The zero-order chi connectivity index (χ0) is 12.7. The first kappa shape index (κ1) is 13.6. The van der Waals surface area contributed by atoms with Crippen molar-refractivity contribution >= 4 is 28.3 Å². The number of hydrogen-bond donors (Lipinski definition) is 2. The number of thiazole rings is 1. The molecule has 0 fully saturated rings. The number of amides is 1. The van der Waals surface area contributed by atoms with Gasteiger partial charge in [0.1, 0.15) is 0 Å². The number of rotatable bonds is 7. The lowest BCUT2D eigenvalue weighted by atomic mass is 10.1. The van der Waals surface area contributed by atoms with Crippen molar-refractivity contribution in [3.8, 4) is 0 Å². The summed E-state index contributed by atoms with van der Waals surface area (Å²) in [5.41, 5.74) is 0.953. The highest BCUT2D eigenvalue weighted by atomic mass is 32.1. The summed E-state index contributed by atoms with van der Waals surface area (Å²) in [6.45, 7) is 1.45. The van der Waals surface area contributed by atoms with E-state index in [0.717, 1.165) is 25.0 Å². The Labute approximate surface area is 104 Å². The number of carbonyl (C=O) groups excluding carboxylic acids is 1. The fraction of sp³-hybridized carbons (Fsp3) is 0.545. The molecule has 0 spiro atoms. The number of carbonyl (C=O) groups is 2. The number of aromatic nitrogens is 1. The van der Waals surface area contributed by atoms with Gasteiger partial charge in [-0.2, -0.15) is 0 Å². The summed E-state index contributed by atoms with van der Waals surface area (Å²) in [4.78, 5) is 25.3. The molecule has 0 bridgehead atoms. The molecule has 17 heavy (non-hydrogen) atoms. The number of unbranched alkanes of at least 4 members (excludes halogenated alkanes) is 2. The van der Waals surface area contributed by atoms with Crippen molar-refractivity contribution in [2.45, 2.75) is 39.0 Å². The van der Waals surface area contributed by atoms with Crippen LogP contribution >= 0.6 is 11.3 Å². The van der Waals surface area contributed by atoms with Crippen LogP contribution in [0.25, 0.3) is 0 Å². The van der Waals surface area contributed by atoms with Gasteiger partial charge in [0.25, 0.3) is 0 Å². The number of nitrogens with one attached hydrogen (secondary N) is 1. The third kappa shape index (κ3) is 6.01. The number of aryl methyl sites for hydroxylation is 1. The molecular weight excluding hydrogens is 240 g/mol. The van der Waals surface area contributed by atoms with Gasteiger partial charge in [-0.3, -0.25) is 9.59 Å². The number of hydrogen-bond acceptors (Lipinski definition) is 4. The maximum absolute atomic E-state index is 10.8. The van der Waals surface area contributed by atoms with E-state index in [0.29, 0.717) is 11.6 Å². The van der Waals surface area contributed by atoms with Crippen molar-refractivity contribution in [2.24, 2.45) is 0 Å². The van der Waals surface area contributed by atoms with Crippen molar-refractivity contribution in [3.05, 3.63) is 11.1 Å². The average Bonchev–Trinajstić information content (AvgIpc) is 2.63. The van der Waals surface area contributed by atoms with Gasteiger partial charge >= 0.3 is 5.97 Å². The standard InChI is InChI=1S/C11H16N2O3S/c1-8(14)12-11-13-9(7-17-11)5-3-2-4-6-10(15)16/h7H,2-6H2,1H3,(H,15,16)(H,12,13,14). The molecule has 0 aliphatic rings. The monoisotopic (exact) mass is 256 g/mol. The summed E-state index contributed by atoms with van der Waals surface area (Å²) in [5, 5.41) is 13.6. The molecule has 1 heterocycles. The maximum atomic E-state index is 10.8. The first-order valence-electron chi connectivity index (χ1n) is 5.51. The van der Waals surface area contributed by atoms with Gasteiger partial charge in [-0.25, -0.2) is 4.98 Å². The number of anilines is 1. The molecule has 2 N–H and O–H groups in total. The number of nitrogens with zero attached hydrogens (tertiary/aromatic N) is 1. The Morgan fingerprint density at radius 1 is 1.41 bits per heavy atom. The summed E-state index contributed by atoms with van der Waals surface area (Å²) in [5.74, 6) is -0.862. The Balaban J connectivity index is 2.21. The highest BCUT2D eigenvalue weighted by Crippen LogP contribution is 2.17. The predicted octanol–water partition coefficient (Wildman–Crippen LogP) is 2.29. The van der Waals surface area contributed by atoms with Crippen molar-refractivity contribution < 1.29 is 14.7 Å². The van der Waals surface area contributed by atoms with Gasteiger partial charge in [-0.05, 0) is 19.3 Å². The van der Waals surface area contributed by atoms with Crippen LogP contribution in [0.1, 0.15) is 38.3 Å². The Morgan fingerprint density at radius 3 is 2.82 bits per heavy atom. The second-order valence-corrected chi connectivity index (χ2v) is 4.64. The fourth-order valence-corrected chi connectivity index (χ4v) is 2.18. The smallest absolute Gasteiger partial charge is 0.303 e. The van der Waals surface area contributed by atoms with Crippen LogP contribution in [0.2, 0.25) is 0 Å². The normalized spacial score (nSPS) is 10.2. The summed E-state index contributed by atoms with van der Waals surface area (Å²) < 4.78 is 0. The second kappa shape index (κ2) is 7.01. The number of aliphatic carboxylic acids is 1. The molecule has 5 nitrogen and oxygen atoms in total. The highest BCUT2D eigenvalue weighted by Gasteiger charge is 2.03. The zero-order valence-electron chi connectivity index (χ0n) is 9.73. The van der Waals surface area contributed by atoms with Gasteiger partial charge < -0.3 is 10.4 Å². The summed E-state index contributed by atoms with van der Waals surface area (Å²) in [7, 11) is 0. The predicted molar refractivity (Wildman–Crippen MR) is 66.2 cm³/mol. The molecule has 0 saturated heterocycles. The van der Waals surface area contributed by atoms with E-state index >= 15 is 0 Å². The lowest BCUT2D eigenvalue weighted by Crippen LogP contribution is -2.05. The molecule has 1 rings (SSSR count). The first-order valence-corrected chi connectivity index (χ1v) is 6.39. The van der Waals surface area contributed by atoms with Gasteiger partial charge in [0.2, 0.25) is 5.91 Å². The highest BCUT2D eigenvalue weighted by molar-refractivity contribution is 7.13. The quantitative estimate of drug-likeness (QED) is 0.733. The van der Waals surface area contributed by atoms with Crippen LogP contribution < -0.4 is 5.32 Å². The van der Waals surface area contributed by atoms with Crippen molar-refractivity contribution in [3.63, 3.8) is 0 Å². The van der Waals surface area contributed by atoms with E-state index < -0.39 is 5.97 Å². The molecule has 0 aromatic carbocycles. The molecule has 1 amide bonds. The molecule has 0 radical (unpaired) electrons. The molecule has 6 heteroatoms. The van der Waals surface area contributed by atoms with Crippen LogP contribution in [0.3, 0.4) is 0 Å². The molecule has 1 aromatic heterocycles.